The number of fused-ring (bicyclic) bond motifs is 1. The van der Waals surface area contributed by atoms with Crippen LogP contribution in [0.5, 0.6) is 0 Å². The van der Waals surface area contributed by atoms with Crippen LogP contribution in [0.2, 0.25) is 10.0 Å². The van der Waals surface area contributed by atoms with E-state index >= 15 is 0 Å². The number of anilines is 1. The molecule has 142 valence electrons. The fraction of sp³-hybridized carbons (Fsp3) is 0.0909. The summed E-state index contributed by atoms with van der Waals surface area (Å²) in [5.41, 5.74) is 1.24. The zero-order chi connectivity index (χ0) is 20.1. The molecule has 4 nitrogen and oxygen atoms in total. The molecule has 0 aliphatic rings. The largest absolute Gasteiger partial charge is 0.449 e. The molecule has 0 aromatic heterocycles. The number of nitrogens with one attached hydrogen (secondary N) is 1. The molecule has 3 rings (SSSR count). The van der Waals surface area contributed by atoms with Gasteiger partial charge in [-0.05, 0) is 47.5 Å². The summed E-state index contributed by atoms with van der Waals surface area (Å²) in [6.45, 7) is 1.48. The molecule has 1 amide bonds. The van der Waals surface area contributed by atoms with Crippen LogP contribution in [0.25, 0.3) is 16.8 Å². The Balaban J connectivity index is 1.64. The number of halogens is 2. The van der Waals surface area contributed by atoms with Crippen LogP contribution in [-0.4, -0.2) is 18.0 Å². The van der Waals surface area contributed by atoms with Crippen molar-refractivity contribution in [1.82, 2.24) is 0 Å². The Labute approximate surface area is 172 Å². The summed E-state index contributed by atoms with van der Waals surface area (Å²) >= 11 is 11.9. The summed E-state index contributed by atoms with van der Waals surface area (Å²) in [4.78, 5) is 24.4. The van der Waals surface area contributed by atoms with Crippen LogP contribution in [0.1, 0.15) is 12.5 Å². The molecule has 6 heteroatoms. The third-order valence-corrected chi connectivity index (χ3v) is 4.64. The lowest BCUT2D eigenvalue weighted by atomic mass is 10.0. The van der Waals surface area contributed by atoms with Crippen molar-refractivity contribution >= 4 is 57.6 Å². The van der Waals surface area contributed by atoms with E-state index in [1.165, 1.54) is 19.1 Å². The third-order valence-electron chi connectivity index (χ3n) is 4.07. The molecule has 1 atom stereocenters. The zero-order valence-electron chi connectivity index (χ0n) is 15.0. The number of benzene rings is 3. The van der Waals surface area contributed by atoms with Gasteiger partial charge in [0, 0.05) is 11.1 Å². The molecule has 0 spiro atoms. The molecule has 0 heterocycles. The number of esters is 1. The van der Waals surface area contributed by atoms with Crippen LogP contribution in [0.3, 0.4) is 0 Å². The maximum Gasteiger partial charge on any atom is 0.331 e. The van der Waals surface area contributed by atoms with E-state index in [4.69, 9.17) is 27.9 Å². The number of amides is 1. The summed E-state index contributed by atoms with van der Waals surface area (Å²) in [5, 5.41) is 5.47. The van der Waals surface area contributed by atoms with Gasteiger partial charge in [0.2, 0.25) is 0 Å². The summed E-state index contributed by atoms with van der Waals surface area (Å²) in [7, 11) is 0. The highest BCUT2D eigenvalue weighted by atomic mass is 35.5. The van der Waals surface area contributed by atoms with E-state index in [-0.39, 0.29) is 0 Å². The van der Waals surface area contributed by atoms with Crippen molar-refractivity contribution < 1.29 is 14.3 Å². The van der Waals surface area contributed by atoms with Crippen LogP contribution in [0.15, 0.2) is 66.7 Å². The molecule has 3 aromatic carbocycles. The molecule has 0 radical (unpaired) electrons. The Morgan fingerprint density at radius 2 is 1.79 bits per heavy atom. The standard InChI is InChI=1S/C22H17Cl2NO3/c1-14(22(27)25-20-13-17(23)10-11-19(20)24)28-21(26)12-9-16-7-4-6-15-5-2-3-8-18(15)16/h2-14H,1H3,(H,25,27). The van der Waals surface area contributed by atoms with Crippen molar-refractivity contribution in [2.75, 3.05) is 5.32 Å². The van der Waals surface area contributed by atoms with E-state index in [2.05, 4.69) is 5.32 Å². The van der Waals surface area contributed by atoms with Gasteiger partial charge in [0.15, 0.2) is 6.10 Å². The highest BCUT2D eigenvalue weighted by molar-refractivity contribution is 6.35. The molecule has 3 aromatic rings. The van der Waals surface area contributed by atoms with Gasteiger partial charge in [-0.15, -0.1) is 0 Å². The van der Waals surface area contributed by atoms with Crippen LogP contribution >= 0.6 is 23.2 Å². The van der Waals surface area contributed by atoms with Crippen molar-refractivity contribution in [3.05, 3.63) is 82.3 Å². The van der Waals surface area contributed by atoms with Gasteiger partial charge in [0.1, 0.15) is 0 Å². The van der Waals surface area contributed by atoms with Crippen molar-refractivity contribution in [2.24, 2.45) is 0 Å². The van der Waals surface area contributed by atoms with E-state index < -0.39 is 18.0 Å². The Morgan fingerprint density at radius 1 is 1.04 bits per heavy atom. The van der Waals surface area contributed by atoms with Crippen LogP contribution in [0.4, 0.5) is 5.69 Å². The molecule has 0 bridgehead atoms. The summed E-state index contributed by atoms with van der Waals surface area (Å²) in [6, 6.07) is 18.4. The zero-order valence-corrected chi connectivity index (χ0v) is 16.5. The minimum absolute atomic E-state index is 0.340. The van der Waals surface area contributed by atoms with Gasteiger partial charge >= 0.3 is 5.97 Å². The van der Waals surface area contributed by atoms with Gasteiger partial charge in [0.25, 0.3) is 5.91 Å². The van der Waals surface area contributed by atoms with Crippen molar-refractivity contribution in [3.8, 4) is 0 Å². The molecule has 0 aliphatic heterocycles. The average molecular weight is 414 g/mol. The molecule has 0 aliphatic carbocycles. The summed E-state index contributed by atoms with van der Waals surface area (Å²) in [6.07, 6.45) is 1.97. The van der Waals surface area contributed by atoms with Crippen molar-refractivity contribution in [3.63, 3.8) is 0 Å². The van der Waals surface area contributed by atoms with E-state index in [1.807, 2.05) is 42.5 Å². The van der Waals surface area contributed by atoms with Gasteiger partial charge in [-0.25, -0.2) is 4.79 Å². The van der Waals surface area contributed by atoms with Crippen LogP contribution in [-0.2, 0) is 14.3 Å². The predicted octanol–water partition coefficient (Wildman–Crippen LogP) is 5.73. The van der Waals surface area contributed by atoms with Gasteiger partial charge in [0.05, 0.1) is 10.7 Å². The van der Waals surface area contributed by atoms with Gasteiger partial charge in [-0.3, -0.25) is 4.79 Å². The Kier molecular flexibility index (Phi) is 6.34. The van der Waals surface area contributed by atoms with Crippen molar-refractivity contribution in [1.29, 1.82) is 0 Å². The normalized spacial score (nSPS) is 12.1. The van der Waals surface area contributed by atoms with Gasteiger partial charge in [-0.1, -0.05) is 65.7 Å². The molecular weight excluding hydrogens is 397 g/mol. The molecule has 0 saturated heterocycles. The fourth-order valence-electron chi connectivity index (χ4n) is 2.65. The number of carbonyl (C=O) groups is 2. The molecular formula is C22H17Cl2NO3. The number of rotatable bonds is 5. The number of carbonyl (C=O) groups excluding carboxylic acids is 2. The van der Waals surface area contributed by atoms with E-state index in [0.717, 1.165) is 16.3 Å². The van der Waals surface area contributed by atoms with Crippen LogP contribution < -0.4 is 5.32 Å². The predicted molar refractivity (Wildman–Crippen MR) is 114 cm³/mol. The maximum absolute atomic E-state index is 12.2. The molecule has 1 N–H and O–H groups in total. The number of hydrogen-bond acceptors (Lipinski definition) is 3. The highest BCUT2D eigenvalue weighted by Crippen LogP contribution is 2.25. The van der Waals surface area contributed by atoms with Crippen LogP contribution in [0, 0.1) is 0 Å². The monoisotopic (exact) mass is 413 g/mol. The van der Waals surface area contributed by atoms with Gasteiger partial charge < -0.3 is 10.1 Å². The van der Waals surface area contributed by atoms with E-state index in [9.17, 15) is 9.59 Å². The van der Waals surface area contributed by atoms with E-state index in [0.29, 0.717) is 15.7 Å². The Hall–Kier alpha value is -2.82. The first-order chi connectivity index (χ1) is 13.4. The lowest BCUT2D eigenvalue weighted by Crippen LogP contribution is -2.29. The second-order valence-corrected chi connectivity index (χ2v) is 6.94. The second kappa shape index (κ2) is 8.91. The third kappa shape index (κ3) is 4.91. The Bertz CT molecular complexity index is 1060. The summed E-state index contributed by atoms with van der Waals surface area (Å²) in [5.74, 6) is -1.12. The number of ether oxygens (including phenoxy) is 1. The van der Waals surface area contributed by atoms with Crippen molar-refractivity contribution in [2.45, 2.75) is 13.0 Å². The first-order valence-electron chi connectivity index (χ1n) is 8.56. The highest BCUT2D eigenvalue weighted by Gasteiger charge is 2.18. The van der Waals surface area contributed by atoms with E-state index in [1.54, 1.807) is 18.2 Å². The first-order valence-corrected chi connectivity index (χ1v) is 9.32. The first kappa shape index (κ1) is 19.9. The second-order valence-electron chi connectivity index (χ2n) is 6.09. The smallest absolute Gasteiger partial charge is 0.331 e. The Morgan fingerprint density at radius 3 is 2.61 bits per heavy atom. The quantitative estimate of drug-likeness (QED) is 0.429. The molecule has 28 heavy (non-hydrogen) atoms. The van der Waals surface area contributed by atoms with Gasteiger partial charge in [-0.2, -0.15) is 0 Å². The SMILES string of the molecule is CC(OC(=O)C=Cc1cccc2ccccc12)C(=O)Nc1cc(Cl)ccc1Cl. The molecule has 0 fully saturated rings. The lowest BCUT2D eigenvalue weighted by Gasteiger charge is -2.13. The minimum Gasteiger partial charge on any atom is -0.449 e. The summed E-state index contributed by atoms with van der Waals surface area (Å²) < 4.78 is 5.17. The lowest BCUT2D eigenvalue weighted by molar-refractivity contribution is -0.148. The fourth-order valence-corrected chi connectivity index (χ4v) is 2.99. The number of hydrogen-bond donors (Lipinski definition) is 1. The average Bonchev–Trinajstić information content (AvgIpc) is 2.69. The minimum atomic E-state index is -1.00. The molecule has 0 saturated carbocycles. The molecule has 1 unspecified atom stereocenters. The maximum atomic E-state index is 12.2. The topological polar surface area (TPSA) is 55.4 Å².